The number of rotatable bonds is 3. The van der Waals surface area contributed by atoms with Crippen molar-refractivity contribution in [2.75, 3.05) is 25.4 Å². The van der Waals surface area contributed by atoms with Crippen LogP contribution in [0.2, 0.25) is 0 Å². The molecule has 0 aromatic heterocycles. The molecule has 112 valence electrons. The smallest absolute Gasteiger partial charge is 0.269 e. The first-order valence-corrected chi connectivity index (χ1v) is 7.09. The third kappa shape index (κ3) is 2.69. The Hall–Kier alpha value is -2.15. The lowest BCUT2D eigenvalue weighted by atomic mass is 10.1. The van der Waals surface area contributed by atoms with Gasteiger partial charge in [0.1, 0.15) is 0 Å². The number of non-ortho nitro benzene ring substituents is 1. The summed E-state index contributed by atoms with van der Waals surface area (Å²) in [5.41, 5.74) is 7.34. The van der Waals surface area contributed by atoms with Crippen molar-refractivity contribution in [3.05, 3.63) is 33.9 Å². The second-order valence-electron chi connectivity index (χ2n) is 5.65. The summed E-state index contributed by atoms with van der Waals surface area (Å²) >= 11 is 0. The lowest BCUT2D eigenvalue weighted by molar-refractivity contribution is -0.384. The van der Waals surface area contributed by atoms with E-state index in [0.29, 0.717) is 18.7 Å². The van der Waals surface area contributed by atoms with Gasteiger partial charge in [0.05, 0.1) is 4.92 Å². The number of nitrogen functional groups attached to an aromatic ring is 1. The highest BCUT2D eigenvalue weighted by atomic mass is 16.6. The molecule has 1 amide bonds. The predicted molar refractivity (Wildman–Crippen MR) is 77.5 cm³/mol. The van der Waals surface area contributed by atoms with Crippen LogP contribution in [0.5, 0.6) is 0 Å². The van der Waals surface area contributed by atoms with Crippen LogP contribution in [0.15, 0.2) is 18.2 Å². The van der Waals surface area contributed by atoms with Gasteiger partial charge in [-0.05, 0) is 18.1 Å². The molecule has 1 atom stereocenters. The third-order valence-electron chi connectivity index (χ3n) is 4.31. The average Bonchev–Trinajstić information content (AvgIpc) is 2.82. The van der Waals surface area contributed by atoms with Crippen molar-refractivity contribution < 1.29 is 9.72 Å². The van der Waals surface area contributed by atoms with E-state index in [4.69, 9.17) is 5.73 Å². The van der Waals surface area contributed by atoms with Gasteiger partial charge in [-0.1, -0.05) is 0 Å². The molecule has 0 aliphatic carbocycles. The number of nitro benzene ring substituents is 1. The zero-order valence-electron chi connectivity index (χ0n) is 11.7. The van der Waals surface area contributed by atoms with Gasteiger partial charge in [0, 0.05) is 56.5 Å². The normalized spacial score (nSPS) is 22.4. The molecule has 7 nitrogen and oxygen atoms in total. The largest absolute Gasteiger partial charge is 0.398 e. The van der Waals surface area contributed by atoms with E-state index in [1.807, 2.05) is 4.90 Å². The quantitative estimate of drug-likeness (QED) is 0.509. The summed E-state index contributed by atoms with van der Waals surface area (Å²) in [6, 6.07) is 4.84. The van der Waals surface area contributed by atoms with Crippen LogP contribution in [0.1, 0.15) is 18.4 Å². The van der Waals surface area contributed by atoms with Crippen LogP contribution in [0.25, 0.3) is 0 Å². The van der Waals surface area contributed by atoms with E-state index in [2.05, 4.69) is 4.90 Å². The van der Waals surface area contributed by atoms with Crippen molar-refractivity contribution in [3.63, 3.8) is 0 Å². The molecule has 2 aliphatic rings. The molecule has 0 radical (unpaired) electrons. The van der Waals surface area contributed by atoms with Crippen LogP contribution in [-0.4, -0.2) is 46.3 Å². The Morgan fingerprint density at radius 3 is 2.95 bits per heavy atom. The summed E-state index contributed by atoms with van der Waals surface area (Å²) in [5.74, 6) is 0.245. The lowest BCUT2D eigenvalue weighted by Crippen LogP contribution is -2.50. The predicted octanol–water partition coefficient (Wildman–Crippen LogP) is 0.984. The molecule has 1 unspecified atom stereocenters. The van der Waals surface area contributed by atoms with Crippen LogP contribution in [0.3, 0.4) is 0 Å². The molecule has 0 bridgehead atoms. The monoisotopic (exact) mass is 290 g/mol. The number of nitrogens with zero attached hydrogens (tertiary/aromatic N) is 3. The first-order chi connectivity index (χ1) is 10.0. The van der Waals surface area contributed by atoms with Gasteiger partial charge in [0.25, 0.3) is 5.69 Å². The number of fused-ring (bicyclic) bond motifs is 1. The fourth-order valence-corrected chi connectivity index (χ4v) is 3.16. The Morgan fingerprint density at radius 2 is 2.19 bits per heavy atom. The Bertz CT molecular complexity index is 590. The highest BCUT2D eigenvalue weighted by Crippen LogP contribution is 2.26. The molecule has 3 rings (SSSR count). The van der Waals surface area contributed by atoms with Gasteiger partial charge in [-0.15, -0.1) is 0 Å². The lowest BCUT2D eigenvalue weighted by Gasteiger charge is -2.37. The minimum absolute atomic E-state index is 0.0638. The van der Waals surface area contributed by atoms with E-state index < -0.39 is 4.92 Å². The Labute approximate surface area is 122 Å². The second-order valence-corrected chi connectivity index (χ2v) is 5.65. The zero-order valence-corrected chi connectivity index (χ0v) is 11.7. The molecule has 1 aromatic rings. The molecule has 2 aliphatic heterocycles. The molecule has 0 spiro atoms. The number of carbonyl (C=O) groups is 1. The van der Waals surface area contributed by atoms with E-state index in [-0.39, 0.29) is 17.6 Å². The Balaban J connectivity index is 1.71. The van der Waals surface area contributed by atoms with Gasteiger partial charge in [-0.25, -0.2) is 0 Å². The number of hydrogen-bond donors (Lipinski definition) is 1. The number of anilines is 1. The first kappa shape index (κ1) is 13.8. The van der Waals surface area contributed by atoms with Crippen LogP contribution >= 0.6 is 0 Å². The minimum Gasteiger partial charge on any atom is -0.398 e. The summed E-state index contributed by atoms with van der Waals surface area (Å²) in [6.45, 7) is 2.92. The van der Waals surface area contributed by atoms with E-state index in [9.17, 15) is 14.9 Å². The number of benzene rings is 1. The van der Waals surface area contributed by atoms with Crippen molar-refractivity contribution in [2.24, 2.45) is 0 Å². The van der Waals surface area contributed by atoms with Crippen LogP contribution in [0.4, 0.5) is 11.4 Å². The van der Waals surface area contributed by atoms with Crippen molar-refractivity contribution in [2.45, 2.75) is 25.4 Å². The van der Waals surface area contributed by atoms with Gasteiger partial charge < -0.3 is 10.6 Å². The highest BCUT2D eigenvalue weighted by Gasteiger charge is 2.35. The highest BCUT2D eigenvalue weighted by molar-refractivity contribution is 5.78. The molecule has 21 heavy (non-hydrogen) atoms. The molecule has 2 fully saturated rings. The van der Waals surface area contributed by atoms with Gasteiger partial charge in [-0.2, -0.15) is 0 Å². The van der Waals surface area contributed by atoms with Crippen LogP contribution in [-0.2, 0) is 11.3 Å². The second kappa shape index (κ2) is 5.33. The van der Waals surface area contributed by atoms with E-state index in [0.717, 1.165) is 31.6 Å². The zero-order chi connectivity index (χ0) is 15.0. The van der Waals surface area contributed by atoms with E-state index in [1.54, 1.807) is 12.1 Å². The fraction of sp³-hybridized carbons (Fsp3) is 0.500. The van der Waals surface area contributed by atoms with Gasteiger partial charge in [0.2, 0.25) is 5.91 Å². The summed E-state index contributed by atoms with van der Waals surface area (Å²) in [7, 11) is 0. The fourth-order valence-electron chi connectivity index (χ4n) is 3.16. The molecule has 7 heteroatoms. The van der Waals surface area contributed by atoms with E-state index in [1.165, 1.54) is 6.07 Å². The Morgan fingerprint density at radius 1 is 1.38 bits per heavy atom. The van der Waals surface area contributed by atoms with Gasteiger partial charge in [-0.3, -0.25) is 19.8 Å². The summed E-state index contributed by atoms with van der Waals surface area (Å²) in [6.07, 6.45) is 1.54. The number of nitrogens with two attached hydrogens (primary N) is 1. The van der Waals surface area contributed by atoms with E-state index >= 15 is 0 Å². The van der Waals surface area contributed by atoms with Crippen LogP contribution < -0.4 is 5.73 Å². The summed E-state index contributed by atoms with van der Waals surface area (Å²) < 4.78 is 0. The number of nitro groups is 1. The number of hydrogen-bond acceptors (Lipinski definition) is 5. The summed E-state index contributed by atoms with van der Waals surface area (Å²) in [5, 5.41) is 10.8. The maximum atomic E-state index is 11.7. The van der Waals surface area contributed by atoms with Gasteiger partial charge >= 0.3 is 0 Å². The molecule has 2 saturated heterocycles. The van der Waals surface area contributed by atoms with Crippen molar-refractivity contribution in [1.82, 2.24) is 9.80 Å². The van der Waals surface area contributed by atoms with Crippen LogP contribution in [0, 0.1) is 10.1 Å². The topological polar surface area (TPSA) is 92.7 Å². The minimum atomic E-state index is -0.406. The first-order valence-electron chi connectivity index (χ1n) is 7.09. The number of amides is 1. The SMILES string of the molecule is Nc1ccc([N+](=O)[O-])cc1CN1CCN2C(=O)CCC2C1. The van der Waals surface area contributed by atoms with Gasteiger partial charge in [0.15, 0.2) is 0 Å². The maximum absolute atomic E-state index is 11.7. The average molecular weight is 290 g/mol. The summed E-state index contributed by atoms with van der Waals surface area (Å²) in [4.78, 5) is 26.3. The standard InChI is InChI=1S/C14H18N4O3/c15-13-3-1-11(18(20)21)7-10(13)8-16-5-6-17-12(9-16)2-4-14(17)19/h1,3,7,12H,2,4-6,8-9,15H2. The maximum Gasteiger partial charge on any atom is 0.269 e. The molecule has 2 heterocycles. The number of carbonyl (C=O) groups excluding carboxylic acids is 1. The molecule has 2 N–H and O–H groups in total. The van der Waals surface area contributed by atoms with Crippen molar-refractivity contribution in [3.8, 4) is 0 Å². The van der Waals surface area contributed by atoms with Crippen molar-refractivity contribution >= 4 is 17.3 Å². The molecular weight excluding hydrogens is 272 g/mol. The number of piperazine rings is 1. The molecule has 1 aromatic carbocycles. The third-order valence-corrected chi connectivity index (χ3v) is 4.31. The molecular formula is C14H18N4O3. The van der Waals surface area contributed by atoms with Crippen molar-refractivity contribution in [1.29, 1.82) is 0 Å². The molecule has 0 saturated carbocycles. The Kier molecular flexibility index (Phi) is 3.50.